The van der Waals surface area contributed by atoms with Crippen molar-refractivity contribution >= 4 is 11.6 Å². The molecule has 4 nitrogen and oxygen atoms in total. The second-order valence-corrected chi connectivity index (χ2v) is 8.30. The maximum absolute atomic E-state index is 12.4. The number of hydrogen-bond donors (Lipinski definition) is 1. The fourth-order valence-corrected chi connectivity index (χ4v) is 3.56. The molecule has 122 valence electrons. The van der Waals surface area contributed by atoms with Gasteiger partial charge in [-0.15, -0.1) is 0 Å². The van der Waals surface area contributed by atoms with E-state index in [-0.39, 0.29) is 11.8 Å². The van der Waals surface area contributed by atoms with Crippen LogP contribution >= 0.6 is 0 Å². The van der Waals surface area contributed by atoms with E-state index < -0.39 is 0 Å². The topological polar surface area (TPSA) is 46.9 Å². The summed E-state index contributed by atoms with van der Waals surface area (Å²) in [6, 6.07) is 0. The zero-order valence-electron chi connectivity index (χ0n) is 14.1. The third-order valence-electron chi connectivity index (χ3n) is 5.37. The van der Waals surface area contributed by atoms with Crippen molar-refractivity contribution in [3.8, 4) is 0 Å². The molecule has 2 aliphatic carbocycles. The van der Waals surface area contributed by atoms with Gasteiger partial charge in [0, 0.05) is 18.7 Å². The lowest BCUT2D eigenvalue weighted by atomic mass is 9.69. The minimum absolute atomic E-state index is 0.172. The normalized spacial score (nSPS) is 26.0. The van der Waals surface area contributed by atoms with Gasteiger partial charge in [0.1, 0.15) is 0 Å². The van der Waals surface area contributed by atoms with Crippen LogP contribution in [0.1, 0.15) is 59.3 Å². The van der Waals surface area contributed by atoms with E-state index in [4.69, 9.17) is 0 Å². The van der Waals surface area contributed by atoms with E-state index in [1.807, 2.05) is 10.9 Å². The van der Waals surface area contributed by atoms with Crippen molar-refractivity contribution in [1.82, 2.24) is 9.78 Å². The molecule has 0 saturated heterocycles. The Hall–Kier alpha value is -1.32. The molecule has 1 N–H and O–H groups in total. The zero-order chi connectivity index (χ0) is 15.7. The predicted octanol–water partition coefficient (Wildman–Crippen LogP) is 4.08. The van der Waals surface area contributed by atoms with Crippen LogP contribution < -0.4 is 5.32 Å². The smallest absolute Gasteiger partial charge is 0.227 e. The lowest BCUT2D eigenvalue weighted by Gasteiger charge is -2.36. The number of amides is 1. The molecule has 0 unspecified atom stereocenters. The van der Waals surface area contributed by atoms with Crippen molar-refractivity contribution in [3.63, 3.8) is 0 Å². The van der Waals surface area contributed by atoms with Crippen molar-refractivity contribution in [1.29, 1.82) is 0 Å². The SMILES string of the molecule is CC(C)(C)C1CCC(C(=O)Nc2cnn(CC3CC3)c2)CC1. The van der Waals surface area contributed by atoms with Crippen LogP contribution in [-0.4, -0.2) is 15.7 Å². The summed E-state index contributed by atoms with van der Waals surface area (Å²) < 4.78 is 1.96. The minimum atomic E-state index is 0.172. The second-order valence-electron chi connectivity index (χ2n) is 8.30. The van der Waals surface area contributed by atoms with Crippen LogP contribution in [0.4, 0.5) is 5.69 Å². The van der Waals surface area contributed by atoms with Gasteiger partial charge < -0.3 is 5.32 Å². The fourth-order valence-electron chi connectivity index (χ4n) is 3.56. The first-order chi connectivity index (χ1) is 10.4. The Morgan fingerprint density at radius 1 is 1.23 bits per heavy atom. The summed E-state index contributed by atoms with van der Waals surface area (Å²) in [5.41, 5.74) is 1.22. The van der Waals surface area contributed by atoms with Crippen molar-refractivity contribution in [3.05, 3.63) is 12.4 Å². The molecule has 0 aromatic carbocycles. The summed E-state index contributed by atoms with van der Waals surface area (Å²) in [6.45, 7) is 7.93. The number of nitrogens with one attached hydrogen (secondary N) is 1. The Bertz CT molecular complexity index is 517. The maximum Gasteiger partial charge on any atom is 0.227 e. The Kier molecular flexibility index (Phi) is 4.28. The monoisotopic (exact) mass is 303 g/mol. The molecule has 1 amide bonds. The van der Waals surface area contributed by atoms with E-state index in [0.29, 0.717) is 5.41 Å². The number of carbonyl (C=O) groups is 1. The summed E-state index contributed by atoms with van der Waals surface area (Å²) in [4.78, 5) is 12.4. The van der Waals surface area contributed by atoms with Gasteiger partial charge in [-0.2, -0.15) is 5.10 Å². The standard InChI is InChI=1S/C18H29N3O/c1-18(2,3)15-8-6-14(7-9-15)17(22)20-16-10-19-21(12-16)11-13-4-5-13/h10,12-15H,4-9,11H2,1-3H3,(H,20,22). The summed E-state index contributed by atoms with van der Waals surface area (Å²) >= 11 is 0. The Balaban J connectivity index is 1.49. The van der Waals surface area contributed by atoms with Crippen LogP contribution in [0.2, 0.25) is 0 Å². The van der Waals surface area contributed by atoms with Crippen LogP contribution in [0.5, 0.6) is 0 Å². The van der Waals surface area contributed by atoms with E-state index in [9.17, 15) is 4.79 Å². The lowest BCUT2D eigenvalue weighted by Crippen LogP contribution is -2.31. The van der Waals surface area contributed by atoms with Crippen LogP contribution in [0.25, 0.3) is 0 Å². The highest BCUT2D eigenvalue weighted by Gasteiger charge is 2.32. The van der Waals surface area contributed by atoms with Crippen LogP contribution in [-0.2, 0) is 11.3 Å². The molecule has 22 heavy (non-hydrogen) atoms. The number of carbonyl (C=O) groups excluding carboxylic acids is 1. The summed E-state index contributed by atoms with van der Waals surface area (Å²) in [7, 11) is 0. The third kappa shape index (κ3) is 3.90. The van der Waals surface area contributed by atoms with Gasteiger partial charge in [-0.05, 0) is 55.8 Å². The summed E-state index contributed by atoms with van der Waals surface area (Å²) in [5.74, 6) is 1.90. The largest absolute Gasteiger partial charge is 0.323 e. The van der Waals surface area contributed by atoms with Crippen LogP contribution in [0, 0.1) is 23.2 Å². The summed E-state index contributed by atoms with van der Waals surface area (Å²) in [6.07, 6.45) is 10.8. The van der Waals surface area contributed by atoms with E-state index in [2.05, 4.69) is 31.2 Å². The second kappa shape index (κ2) is 6.05. The predicted molar refractivity (Wildman–Crippen MR) is 88.5 cm³/mol. The highest BCUT2D eigenvalue weighted by molar-refractivity contribution is 5.92. The molecular formula is C18H29N3O. The van der Waals surface area contributed by atoms with Gasteiger partial charge in [0.15, 0.2) is 0 Å². The molecule has 2 aliphatic rings. The number of nitrogens with zero attached hydrogens (tertiary/aromatic N) is 2. The lowest BCUT2D eigenvalue weighted by molar-refractivity contribution is -0.121. The first-order valence-electron chi connectivity index (χ1n) is 8.75. The molecule has 1 aromatic rings. The quantitative estimate of drug-likeness (QED) is 0.911. The van der Waals surface area contributed by atoms with E-state index in [1.165, 1.54) is 25.7 Å². The number of rotatable bonds is 4. The van der Waals surface area contributed by atoms with Gasteiger partial charge in [0.2, 0.25) is 5.91 Å². The number of aromatic nitrogens is 2. The highest BCUT2D eigenvalue weighted by Crippen LogP contribution is 2.40. The maximum atomic E-state index is 12.4. The van der Waals surface area contributed by atoms with Gasteiger partial charge in [-0.3, -0.25) is 9.48 Å². The molecule has 0 radical (unpaired) electrons. The minimum Gasteiger partial charge on any atom is -0.323 e. The average Bonchev–Trinajstić information content (AvgIpc) is 3.17. The first-order valence-corrected chi connectivity index (χ1v) is 8.75. The molecule has 4 heteroatoms. The molecular weight excluding hydrogens is 274 g/mol. The van der Waals surface area contributed by atoms with E-state index >= 15 is 0 Å². The van der Waals surface area contributed by atoms with E-state index in [1.54, 1.807) is 6.20 Å². The van der Waals surface area contributed by atoms with Gasteiger partial charge in [-0.1, -0.05) is 20.8 Å². The first kappa shape index (κ1) is 15.6. The molecule has 0 aliphatic heterocycles. The zero-order valence-corrected chi connectivity index (χ0v) is 14.1. The van der Waals surface area contributed by atoms with Crippen molar-refractivity contribution < 1.29 is 4.79 Å². The van der Waals surface area contributed by atoms with Gasteiger partial charge in [0.25, 0.3) is 0 Å². The van der Waals surface area contributed by atoms with Gasteiger partial charge >= 0.3 is 0 Å². The molecule has 0 spiro atoms. The fraction of sp³-hybridized carbons (Fsp3) is 0.778. The van der Waals surface area contributed by atoms with Crippen molar-refractivity contribution in [2.24, 2.45) is 23.2 Å². The Morgan fingerprint density at radius 3 is 2.50 bits per heavy atom. The molecule has 1 heterocycles. The van der Waals surface area contributed by atoms with Crippen molar-refractivity contribution in [2.75, 3.05) is 5.32 Å². The Labute approximate surface area is 133 Å². The van der Waals surface area contributed by atoms with Crippen molar-refractivity contribution in [2.45, 2.75) is 65.8 Å². The number of anilines is 1. The summed E-state index contributed by atoms with van der Waals surface area (Å²) in [5, 5.41) is 7.40. The molecule has 3 rings (SSSR count). The Morgan fingerprint density at radius 2 is 1.91 bits per heavy atom. The highest BCUT2D eigenvalue weighted by atomic mass is 16.1. The third-order valence-corrected chi connectivity index (χ3v) is 5.37. The van der Waals surface area contributed by atoms with Crippen LogP contribution in [0.15, 0.2) is 12.4 Å². The van der Waals surface area contributed by atoms with E-state index in [0.717, 1.165) is 36.9 Å². The average molecular weight is 303 g/mol. The van der Waals surface area contributed by atoms with Gasteiger partial charge in [-0.25, -0.2) is 0 Å². The molecule has 0 atom stereocenters. The molecule has 2 saturated carbocycles. The molecule has 2 fully saturated rings. The molecule has 1 aromatic heterocycles. The molecule has 0 bridgehead atoms. The number of hydrogen-bond acceptors (Lipinski definition) is 2. The van der Waals surface area contributed by atoms with Gasteiger partial charge in [0.05, 0.1) is 11.9 Å². The van der Waals surface area contributed by atoms with Crippen LogP contribution in [0.3, 0.4) is 0 Å².